The smallest absolute Gasteiger partial charge is 0.254 e. The Bertz CT molecular complexity index is 367. The van der Waals surface area contributed by atoms with Crippen LogP contribution >= 0.6 is 0 Å². The molecule has 1 rings (SSSR count). The van der Waals surface area contributed by atoms with Crippen LogP contribution in [0.2, 0.25) is 0 Å². The lowest BCUT2D eigenvalue weighted by Crippen LogP contribution is -2.34. The van der Waals surface area contributed by atoms with Crippen LogP contribution < -0.4 is 11.3 Å². The summed E-state index contributed by atoms with van der Waals surface area (Å²) in [5.74, 6) is 5.71. The van der Waals surface area contributed by atoms with Gasteiger partial charge >= 0.3 is 0 Å². The summed E-state index contributed by atoms with van der Waals surface area (Å²) in [6, 6.07) is 3.54. The third kappa shape index (κ3) is 2.70. The second-order valence-corrected chi connectivity index (χ2v) is 3.75. The van der Waals surface area contributed by atoms with Crippen LogP contribution in [0.15, 0.2) is 18.3 Å². The number of aromatic nitrogens is 1. The van der Waals surface area contributed by atoms with Gasteiger partial charge in [-0.2, -0.15) is 0 Å². The van der Waals surface area contributed by atoms with E-state index in [2.05, 4.69) is 10.4 Å². The molecule has 0 radical (unpaired) electrons. The summed E-state index contributed by atoms with van der Waals surface area (Å²) in [7, 11) is 1.80. The summed E-state index contributed by atoms with van der Waals surface area (Å²) in [4.78, 5) is 17.7. The van der Waals surface area contributed by atoms with Gasteiger partial charge in [-0.1, -0.05) is 6.92 Å². The molecule has 0 aliphatic heterocycles. The van der Waals surface area contributed by atoms with Crippen molar-refractivity contribution in [2.75, 3.05) is 12.5 Å². The molecule has 1 unspecified atom stereocenters. The maximum Gasteiger partial charge on any atom is 0.254 e. The summed E-state index contributed by atoms with van der Waals surface area (Å²) in [6.45, 7) is 4.06. The molecule has 1 amide bonds. The third-order valence-corrected chi connectivity index (χ3v) is 2.73. The van der Waals surface area contributed by atoms with E-state index in [1.54, 1.807) is 30.3 Å². The molecule has 88 valence electrons. The fourth-order valence-electron chi connectivity index (χ4n) is 1.32. The maximum atomic E-state index is 12.0. The highest BCUT2D eigenvalue weighted by Crippen LogP contribution is 2.10. The molecule has 16 heavy (non-hydrogen) atoms. The normalized spacial score (nSPS) is 12.0. The van der Waals surface area contributed by atoms with Gasteiger partial charge in [0.1, 0.15) is 5.82 Å². The number of anilines is 1. The Morgan fingerprint density at radius 3 is 2.94 bits per heavy atom. The van der Waals surface area contributed by atoms with E-state index in [-0.39, 0.29) is 11.9 Å². The number of nitrogens with two attached hydrogens (primary N) is 1. The SMILES string of the molecule is CCC(C)N(C)C(=O)c1ccnc(NN)c1. The monoisotopic (exact) mass is 222 g/mol. The Morgan fingerprint density at radius 2 is 2.38 bits per heavy atom. The van der Waals surface area contributed by atoms with Crippen molar-refractivity contribution in [2.24, 2.45) is 5.84 Å². The van der Waals surface area contributed by atoms with Crippen LogP contribution in [0, 0.1) is 0 Å². The predicted molar refractivity (Wildman–Crippen MR) is 63.9 cm³/mol. The zero-order valence-electron chi connectivity index (χ0n) is 9.90. The van der Waals surface area contributed by atoms with Crippen LogP contribution in [0.4, 0.5) is 5.82 Å². The zero-order valence-corrected chi connectivity index (χ0v) is 9.90. The van der Waals surface area contributed by atoms with E-state index in [9.17, 15) is 4.79 Å². The first kappa shape index (κ1) is 12.4. The first-order chi connectivity index (χ1) is 7.60. The Kier molecular flexibility index (Phi) is 4.25. The first-order valence-electron chi connectivity index (χ1n) is 5.30. The van der Waals surface area contributed by atoms with Crippen LogP contribution in [-0.4, -0.2) is 28.9 Å². The Labute approximate surface area is 95.6 Å². The highest BCUT2D eigenvalue weighted by Gasteiger charge is 2.16. The number of pyridine rings is 1. The molecule has 0 aromatic carbocycles. The van der Waals surface area contributed by atoms with Crippen molar-refractivity contribution >= 4 is 11.7 Å². The Balaban J connectivity index is 2.87. The van der Waals surface area contributed by atoms with E-state index >= 15 is 0 Å². The molecule has 5 nitrogen and oxygen atoms in total. The summed E-state index contributed by atoms with van der Waals surface area (Å²) in [6.07, 6.45) is 2.49. The number of amides is 1. The molecule has 3 N–H and O–H groups in total. The van der Waals surface area contributed by atoms with Crippen molar-refractivity contribution in [2.45, 2.75) is 26.3 Å². The van der Waals surface area contributed by atoms with Gasteiger partial charge in [0.25, 0.3) is 5.91 Å². The topological polar surface area (TPSA) is 71.2 Å². The number of nitrogen functional groups attached to an aromatic ring is 1. The standard InChI is InChI=1S/C11H18N4O/c1-4-8(2)15(3)11(16)9-5-6-13-10(7-9)14-12/h5-8H,4,12H2,1-3H3,(H,13,14). The highest BCUT2D eigenvalue weighted by atomic mass is 16.2. The van der Waals surface area contributed by atoms with Gasteiger partial charge in [-0.15, -0.1) is 0 Å². The molecule has 1 atom stereocenters. The number of carbonyl (C=O) groups excluding carboxylic acids is 1. The average Bonchev–Trinajstić information content (AvgIpc) is 2.36. The molecule has 0 saturated carbocycles. The molecule has 1 heterocycles. The van der Waals surface area contributed by atoms with Gasteiger partial charge in [-0.3, -0.25) is 4.79 Å². The van der Waals surface area contributed by atoms with Crippen LogP contribution in [0.5, 0.6) is 0 Å². The van der Waals surface area contributed by atoms with E-state index in [1.165, 1.54) is 0 Å². The molecule has 1 aromatic heterocycles. The van der Waals surface area contributed by atoms with Crippen LogP contribution in [-0.2, 0) is 0 Å². The summed E-state index contributed by atoms with van der Waals surface area (Å²) < 4.78 is 0. The number of hydrogen-bond acceptors (Lipinski definition) is 4. The van der Waals surface area contributed by atoms with Crippen molar-refractivity contribution in [1.82, 2.24) is 9.88 Å². The molecule has 5 heteroatoms. The van der Waals surface area contributed by atoms with Crippen LogP contribution in [0.3, 0.4) is 0 Å². The average molecular weight is 222 g/mol. The number of carbonyl (C=O) groups is 1. The lowest BCUT2D eigenvalue weighted by molar-refractivity contribution is 0.0740. The molecular formula is C11H18N4O. The second-order valence-electron chi connectivity index (χ2n) is 3.75. The molecule has 1 aromatic rings. The molecule has 0 saturated heterocycles. The fraction of sp³-hybridized carbons (Fsp3) is 0.455. The molecule has 0 fully saturated rings. The quantitative estimate of drug-likeness (QED) is 0.594. The van der Waals surface area contributed by atoms with E-state index in [4.69, 9.17) is 5.84 Å². The van der Waals surface area contributed by atoms with Crippen molar-refractivity contribution in [3.8, 4) is 0 Å². The maximum absolute atomic E-state index is 12.0. The van der Waals surface area contributed by atoms with E-state index in [0.717, 1.165) is 6.42 Å². The van der Waals surface area contributed by atoms with Gasteiger partial charge in [-0.25, -0.2) is 10.8 Å². The third-order valence-electron chi connectivity index (χ3n) is 2.73. The van der Waals surface area contributed by atoms with Gasteiger partial charge in [0, 0.05) is 24.8 Å². The van der Waals surface area contributed by atoms with Crippen LogP contribution in [0.1, 0.15) is 30.6 Å². The lowest BCUT2D eigenvalue weighted by atomic mass is 10.2. The van der Waals surface area contributed by atoms with Crippen molar-refractivity contribution in [1.29, 1.82) is 0 Å². The van der Waals surface area contributed by atoms with Crippen molar-refractivity contribution in [3.05, 3.63) is 23.9 Å². The zero-order chi connectivity index (χ0) is 12.1. The highest BCUT2D eigenvalue weighted by molar-refractivity contribution is 5.94. The number of hydrogen-bond donors (Lipinski definition) is 2. The Morgan fingerprint density at radius 1 is 1.69 bits per heavy atom. The first-order valence-corrected chi connectivity index (χ1v) is 5.30. The van der Waals surface area contributed by atoms with Gasteiger partial charge < -0.3 is 10.3 Å². The molecule has 0 aliphatic rings. The molecule has 0 spiro atoms. The number of hydrazine groups is 1. The number of nitrogens with zero attached hydrogens (tertiary/aromatic N) is 2. The van der Waals surface area contributed by atoms with Crippen molar-refractivity contribution in [3.63, 3.8) is 0 Å². The lowest BCUT2D eigenvalue weighted by Gasteiger charge is -2.23. The van der Waals surface area contributed by atoms with Gasteiger partial charge in [0.15, 0.2) is 0 Å². The summed E-state index contributed by atoms with van der Waals surface area (Å²) in [5.41, 5.74) is 3.01. The minimum Gasteiger partial charge on any atom is -0.339 e. The molecular weight excluding hydrogens is 204 g/mol. The minimum atomic E-state index is -0.0201. The summed E-state index contributed by atoms with van der Waals surface area (Å²) in [5, 5.41) is 0. The van der Waals surface area contributed by atoms with Gasteiger partial charge in [0.05, 0.1) is 0 Å². The molecule has 0 bridgehead atoms. The second kappa shape index (κ2) is 5.46. The minimum absolute atomic E-state index is 0.0201. The van der Waals surface area contributed by atoms with Gasteiger partial charge in [-0.05, 0) is 25.5 Å². The molecule has 0 aliphatic carbocycles. The van der Waals surface area contributed by atoms with E-state index in [0.29, 0.717) is 11.4 Å². The summed E-state index contributed by atoms with van der Waals surface area (Å²) >= 11 is 0. The Hall–Kier alpha value is -1.62. The number of rotatable bonds is 4. The van der Waals surface area contributed by atoms with Gasteiger partial charge in [0.2, 0.25) is 0 Å². The van der Waals surface area contributed by atoms with E-state index < -0.39 is 0 Å². The van der Waals surface area contributed by atoms with E-state index in [1.807, 2.05) is 13.8 Å². The number of nitrogens with one attached hydrogen (secondary N) is 1. The largest absolute Gasteiger partial charge is 0.339 e. The van der Waals surface area contributed by atoms with Crippen LogP contribution in [0.25, 0.3) is 0 Å². The predicted octanol–water partition coefficient (Wildman–Crippen LogP) is 1.24. The van der Waals surface area contributed by atoms with Crippen molar-refractivity contribution < 1.29 is 4.79 Å². The fourth-order valence-corrected chi connectivity index (χ4v) is 1.32.